The Hall–Kier alpha value is -1.66. The number of nitrogens with zero attached hydrogens (tertiary/aromatic N) is 2. The summed E-state index contributed by atoms with van der Waals surface area (Å²) < 4.78 is 0. The quantitative estimate of drug-likeness (QED) is 0.412. The SMILES string of the molecule is CNc1c(CN(C)CCCCCO)cccc1[N+](=O)[O-]. The highest BCUT2D eigenvalue weighted by Crippen LogP contribution is 2.28. The van der Waals surface area contributed by atoms with E-state index in [-0.39, 0.29) is 17.2 Å². The molecule has 20 heavy (non-hydrogen) atoms. The number of hydrogen-bond donors (Lipinski definition) is 2. The molecular weight excluding hydrogens is 258 g/mol. The fourth-order valence-corrected chi connectivity index (χ4v) is 2.20. The van der Waals surface area contributed by atoms with E-state index in [2.05, 4.69) is 10.2 Å². The predicted octanol–water partition coefficient (Wildman–Crippen LogP) is 2.23. The third kappa shape index (κ3) is 4.79. The smallest absolute Gasteiger partial charge is 0.292 e. The van der Waals surface area contributed by atoms with Crippen molar-refractivity contribution >= 4 is 11.4 Å². The van der Waals surface area contributed by atoms with Crippen molar-refractivity contribution in [1.82, 2.24) is 4.90 Å². The number of para-hydroxylation sites is 1. The molecule has 0 saturated carbocycles. The Morgan fingerprint density at radius 2 is 2.10 bits per heavy atom. The lowest BCUT2D eigenvalue weighted by Crippen LogP contribution is -2.20. The normalized spacial score (nSPS) is 10.8. The Morgan fingerprint density at radius 1 is 1.35 bits per heavy atom. The fourth-order valence-electron chi connectivity index (χ4n) is 2.20. The summed E-state index contributed by atoms with van der Waals surface area (Å²) in [5, 5.41) is 22.6. The Morgan fingerprint density at radius 3 is 2.70 bits per heavy atom. The molecule has 1 aromatic rings. The number of rotatable bonds is 9. The van der Waals surface area contributed by atoms with Crippen LogP contribution in [0.25, 0.3) is 0 Å². The number of nitro groups is 1. The van der Waals surface area contributed by atoms with Gasteiger partial charge in [-0.25, -0.2) is 0 Å². The highest BCUT2D eigenvalue weighted by atomic mass is 16.6. The topological polar surface area (TPSA) is 78.6 Å². The molecular formula is C14H23N3O3. The molecule has 6 nitrogen and oxygen atoms in total. The molecule has 6 heteroatoms. The number of aliphatic hydroxyl groups is 1. The summed E-state index contributed by atoms with van der Waals surface area (Å²) in [5.41, 5.74) is 1.62. The van der Waals surface area contributed by atoms with E-state index in [9.17, 15) is 10.1 Å². The minimum absolute atomic E-state index is 0.110. The van der Waals surface area contributed by atoms with Crippen LogP contribution in [0.3, 0.4) is 0 Å². The van der Waals surface area contributed by atoms with Crippen molar-refractivity contribution in [3.63, 3.8) is 0 Å². The Bertz CT molecular complexity index is 438. The standard InChI is InChI=1S/C14H23N3O3/c1-15-14-12(7-6-8-13(14)17(19)20)11-16(2)9-4-3-5-10-18/h6-8,15,18H,3-5,9-11H2,1-2H3. The van der Waals surface area contributed by atoms with E-state index in [4.69, 9.17) is 5.11 Å². The predicted molar refractivity (Wildman–Crippen MR) is 79.9 cm³/mol. The summed E-state index contributed by atoms with van der Waals surface area (Å²) in [6, 6.07) is 5.13. The van der Waals surface area contributed by atoms with Crippen molar-refractivity contribution in [3.8, 4) is 0 Å². The van der Waals surface area contributed by atoms with Crippen LogP contribution < -0.4 is 5.32 Å². The maximum atomic E-state index is 11.0. The van der Waals surface area contributed by atoms with Gasteiger partial charge in [-0.15, -0.1) is 0 Å². The molecule has 0 aliphatic carbocycles. The Labute approximate surface area is 119 Å². The first kappa shape index (κ1) is 16.4. The number of benzene rings is 1. The van der Waals surface area contributed by atoms with Crippen molar-refractivity contribution in [2.75, 3.05) is 32.6 Å². The minimum atomic E-state index is -0.365. The average molecular weight is 281 g/mol. The molecule has 0 heterocycles. The van der Waals surface area contributed by atoms with E-state index in [1.165, 1.54) is 6.07 Å². The largest absolute Gasteiger partial charge is 0.396 e. The zero-order chi connectivity index (χ0) is 15.0. The molecule has 1 aromatic carbocycles. The molecule has 0 saturated heterocycles. The van der Waals surface area contributed by atoms with Gasteiger partial charge in [-0.2, -0.15) is 0 Å². The van der Waals surface area contributed by atoms with Crippen LogP contribution in [-0.4, -0.2) is 42.2 Å². The van der Waals surface area contributed by atoms with E-state index in [1.54, 1.807) is 13.1 Å². The molecule has 0 aromatic heterocycles. The van der Waals surface area contributed by atoms with Gasteiger partial charge in [-0.1, -0.05) is 12.1 Å². The maximum absolute atomic E-state index is 11.0. The number of nitro benzene ring substituents is 1. The summed E-state index contributed by atoms with van der Waals surface area (Å²) in [6.45, 7) is 1.81. The first-order valence-electron chi connectivity index (χ1n) is 6.83. The molecule has 0 aliphatic rings. The molecule has 112 valence electrons. The number of anilines is 1. The van der Waals surface area contributed by atoms with Gasteiger partial charge in [-0.3, -0.25) is 10.1 Å². The maximum Gasteiger partial charge on any atom is 0.292 e. The van der Waals surface area contributed by atoms with Gasteiger partial charge in [0.2, 0.25) is 0 Å². The lowest BCUT2D eigenvalue weighted by atomic mass is 10.1. The van der Waals surface area contributed by atoms with Gasteiger partial charge in [-0.05, 0) is 38.4 Å². The second-order valence-corrected chi connectivity index (χ2v) is 4.84. The van der Waals surface area contributed by atoms with Crippen molar-refractivity contribution in [2.24, 2.45) is 0 Å². The van der Waals surface area contributed by atoms with Crippen LogP contribution in [0.1, 0.15) is 24.8 Å². The van der Waals surface area contributed by atoms with Crippen LogP contribution in [0, 0.1) is 10.1 Å². The monoisotopic (exact) mass is 281 g/mol. The highest BCUT2D eigenvalue weighted by molar-refractivity contribution is 5.66. The van der Waals surface area contributed by atoms with Crippen molar-refractivity contribution in [2.45, 2.75) is 25.8 Å². The molecule has 0 unspecified atom stereocenters. The molecule has 0 radical (unpaired) electrons. The van der Waals surface area contributed by atoms with Crippen molar-refractivity contribution < 1.29 is 10.0 Å². The van der Waals surface area contributed by atoms with Crippen LogP contribution >= 0.6 is 0 Å². The van der Waals surface area contributed by atoms with Gasteiger partial charge < -0.3 is 15.3 Å². The number of hydrogen-bond acceptors (Lipinski definition) is 5. The summed E-state index contributed by atoms with van der Waals surface area (Å²) in [5.74, 6) is 0. The second kappa shape index (κ2) is 8.50. The first-order chi connectivity index (χ1) is 9.60. The van der Waals surface area contributed by atoms with E-state index in [0.717, 1.165) is 31.4 Å². The van der Waals surface area contributed by atoms with E-state index < -0.39 is 0 Å². The molecule has 0 amide bonds. The second-order valence-electron chi connectivity index (χ2n) is 4.84. The van der Waals surface area contributed by atoms with Crippen LogP contribution in [0.4, 0.5) is 11.4 Å². The minimum Gasteiger partial charge on any atom is -0.396 e. The van der Waals surface area contributed by atoms with Gasteiger partial charge in [0.1, 0.15) is 5.69 Å². The third-order valence-corrected chi connectivity index (χ3v) is 3.21. The van der Waals surface area contributed by atoms with Gasteiger partial charge in [0.15, 0.2) is 0 Å². The van der Waals surface area contributed by atoms with Crippen LogP contribution in [0.15, 0.2) is 18.2 Å². The number of unbranched alkanes of at least 4 members (excludes halogenated alkanes) is 2. The molecule has 0 aliphatic heterocycles. The van der Waals surface area contributed by atoms with Gasteiger partial charge in [0, 0.05) is 26.3 Å². The van der Waals surface area contributed by atoms with Gasteiger partial charge in [0.25, 0.3) is 5.69 Å². The fraction of sp³-hybridized carbons (Fsp3) is 0.571. The lowest BCUT2D eigenvalue weighted by molar-refractivity contribution is -0.384. The molecule has 0 fully saturated rings. The van der Waals surface area contributed by atoms with Crippen LogP contribution in [0.2, 0.25) is 0 Å². The summed E-state index contributed by atoms with van der Waals surface area (Å²) in [7, 11) is 3.70. The molecule has 0 bridgehead atoms. The zero-order valence-electron chi connectivity index (χ0n) is 12.1. The molecule has 2 N–H and O–H groups in total. The molecule has 0 spiro atoms. The Balaban J connectivity index is 2.67. The number of nitrogens with one attached hydrogen (secondary N) is 1. The lowest BCUT2D eigenvalue weighted by Gasteiger charge is -2.18. The number of aliphatic hydroxyl groups excluding tert-OH is 1. The summed E-state index contributed by atoms with van der Waals surface area (Å²) in [4.78, 5) is 12.8. The molecule has 1 rings (SSSR count). The van der Waals surface area contributed by atoms with Gasteiger partial charge in [0.05, 0.1) is 4.92 Å². The van der Waals surface area contributed by atoms with Gasteiger partial charge >= 0.3 is 0 Å². The zero-order valence-corrected chi connectivity index (χ0v) is 12.1. The van der Waals surface area contributed by atoms with Crippen LogP contribution in [-0.2, 0) is 6.54 Å². The van der Waals surface area contributed by atoms with E-state index >= 15 is 0 Å². The van der Waals surface area contributed by atoms with Crippen LogP contribution in [0.5, 0.6) is 0 Å². The summed E-state index contributed by atoms with van der Waals surface area (Å²) in [6.07, 6.45) is 2.84. The van der Waals surface area contributed by atoms with E-state index in [0.29, 0.717) is 12.2 Å². The average Bonchev–Trinajstić information content (AvgIpc) is 2.43. The summed E-state index contributed by atoms with van der Waals surface area (Å²) >= 11 is 0. The third-order valence-electron chi connectivity index (χ3n) is 3.21. The van der Waals surface area contributed by atoms with Crippen molar-refractivity contribution in [3.05, 3.63) is 33.9 Å². The highest BCUT2D eigenvalue weighted by Gasteiger charge is 2.16. The van der Waals surface area contributed by atoms with Crippen molar-refractivity contribution in [1.29, 1.82) is 0 Å². The van der Waals surface area contributed by atoms with E-state index in [1.807, 2.05) is 13.1 Å². The molecule has 0 atom stereocenters. The Kier molecular flexibility index (Phi) is 6.97. The first-order valence-corrected chi connectivity index (χ1v) is 6.83.